The van der Waals surface area contributed by atoms with Crippen LogP contribution in [0.5, 0.6) is 0 Å². The van der Waals surface area contributed by atoms with Crippen LogP contribution >= 0.6 is 12.4 Å². The second kappa shape index (κ2) is 6.24. The molecular formula is C9H16ClN5O5. The molecule has 2 rings (SSSR count). The van der Waals surface area contributed by atoms with E-state index >= 15 is 0 Å². The Morgan fingerprint density at radius 3 is 2.60 bits per heavy atom. The second-order valence-electron chi connectivity index (χ2n) is 4.10. The Bertz CT molecular complexity index is 495. The van der Waals surface area contributed by atoms with E-state index in [-0.39, 0.29) is 29.8 Å². The molecule has 8 N–H and O–H groups in total. The predicted molar refractivity (Wildman–Crippen MR) is 69.4 cm³/mol. The first-order chi connectivity index (χ1) is 9.01. The van der Waals surface area contributed by atoms with Crippen LogP contribution in [0.2, 0.25) is 0 Å². The first-order valence-corrected chi connectivity index (χ1v) is 5.44. The van der Waals surface area contributed by atoms with Gasteiger partial charge in [0.1, 0.15) is 24.1 Å². The number of aliphatic hydroxyl groups excluding tert-OH is 3. The summed E-state index contributed by atoms with van der Waals surface area (Å²) in [4.78, 5) is 3.83. The zero-order chi connectivity index (χ0) is 14.2. The fraction of sp³-hybridized carbons (Fsp3) is 0.556. The number of hydrogen-bond donors (Lipinski definition) is 6. The zero-order valence-corrected chi connectivity index (χ0v) is 11.0. The number of oxime groups is 1. The van der Waals surface area contributed by atoms with Gasteiger partial charge in [0.05, 0.1) is 12.9 Å². The number of imidazole rings is 1. The average molecular weight is 310 g/mol. The normalized spacial score (nSPS) is 30.2. The maximum absolute atomic E-state index is 9.84. The minimum atomic E-state index is -1.28. The molecule has 1 aliphatic heterocycles. The highest BCUT2D eigenvalue weighted by molar-refractivity contribution is 5.99. The summed E-state index contributed by atoms with van der Waals surface area (Å²) in [5, 5.41) is 39.8. The Kier molecular flexibility index (Phi) is 5.14. The number of nitrogens with two attached hydrogens (primary N) is 2. The molecule has 1 aromatic heterocycles. The number of rotatable bonds is 3. The zero-order valence-electron chi connectivity index (χ0n) is 10.2. The number of halogens is 1. The number of nitrogen functional groups attached to an aromatic ring is 1. The first-order valence-electron chi connectivity index (χ1n) is 5.44. The summed E-state index contributed by atoms with van der Waals surface area (Å²) in [6, 6.07) is 0. The predicted octanol–water partition coefficient (Wildman–Crippen LogP) is -2.41. The summed E-state index contributed by atoms with van der Waals surface area (Å²) >= 11 is 0. The molecule has 0 unspecified atom stereocenters. The van der Waals surface area contributed by atoms with E-state index in [4.69, 9.17) is 26.5 Å². The highest BCUT2D eigenvalue weighted by atomic mass is 35.5. The van der Waals surface area contributed by atoms with Crippen LogP contribution in [0.1, 0.15) is 11.9 Å². The summed E-state index contributed by atoms with van der Waals surface area (Å²) in [7, 11) is 0. The van der Waals surface area contributed by atoms with Crippen LogP contribution in [0.4, 0.5) is 5.82 Å². The number of nitrogens with zero attached hydrogens (tertiary/aromatic N) is 3. The molecule has 0 aliphatic carbocycles. The van der Waals surface area contributed by atoms with E-state index in [1.54, 1.807) is 0 Å². The van der Waals surface area contributed by atoms with Crippen molar-refractivity contribution in [3.8, 4) is 0 Å². The lowest BCUT2D eigenvalue weighted by molar-refractivity contribution is -0.0518. The molecule has 0 bridgehead atoms. The van der Waals surface area contributed by atoms with Gasteiger partial charge >= 0.3 is 0 Å². The van der Waals surface area contributed by atoms with Crippen molar-refractivity contribution < 1.29 is 25.3 Å². The summed E-state index contributed by atoms with van der Waals surface area (Å²) in [6.07, 6.45) is -3.24. The molecule has 0 amide bonds. The standard InChI is InChI=1S/C9H15N5O5.ClH/c10-7(13-18)4-8(11)14(2-12-4)9-6(17)5(16)3(1-15)19-9;/h2-3,5-6,9,15-18H,1,11H2,(H2,10,13);1H/t3-,5-,6-,9-;/m1./s1. The van der Waals surface area contributed by atoms with Crippen molar-refractivity contribution in [1.29, 1.82) is 0 Å². The molecule has 1 saturated heterocycles. The molecule has 20 heavy (non-hydrogen) atoms. The van der Waals surface area contributed by atoms with Crippen molar-refractivity contribution in [3.63, 3.8) is 0 Å². The van der Waals surface area contributed by atoms with Crippen LogP contribution in [0.25, 0.3) is 0 Å². The summed E-state index contributed by atoms with van der Waals surface area (Å²) in [6.45, 7) is -0.448. The van der Waals surface area contributed by atoms with Crippen molar-refractivity contribution in [2.24, 2.45) is 10.9 Å². The van der Waals surface area contributed by atoms with Crippen LogP contribution in [0.15, 0.2) is 11.5 Å². The fourth-order valence-electron chi connectivity index (χ4n) is 1.93. The topological polar surface area (TPSA) is 172 Å². The van der Waals surface area contributed by atoms with Crippen molar-refractivity contribution in [2.75, 3.05) is 12.3 Å². The van der Waals surface area contributed by atoms with Crippen molar-refractivity contribution in [1.82, 2.24) is 9.55 Å². The first kappa shape index (κ1) is 16.5. The van der Waals surface area contributed by atoms with Crippen LogP contribution in [0, 0.1) is 0 Å². The van der Waals surface area contributed by atoms with Gasteiger partial charge in [-0.05, 0) is 0 Å². The molecule has 11 heteroatoms. The van der Waals surface area contributed by atoms with Gasteiger partial charge in [-0.25, -0.2) is 4.98 Å². The van der Waals surface area contributed by atoms with E-state index in [2.05, 4.69) is 10.1 Å². The van der Waals surface area contributed by atoms with Gasteiger partial charge in [-0.2, -0.15) is 0 Å². The van der Waals surface area contributed by atoms with E-state index in [9.17, 15) is 10.2 Å². The van der Waals surface area contributed by atoms with Gasteiger partial charge in [0.15, 0.2) is 17.8 Å². The second-order valence-corrected chi connectivity index (χ2v) is 4.10. The van der Waals surface area contributed by atoms with Gasteiger partial charge in [0.25, 0.3) is 0 Å². The molecule has 1 fully saturated rings. The van der Waals surface area contributed by atoms with Crippen LogP contribution in [-0.4, -0.2) is 60.8 Å². The smallest absolute Gasteiger partial charge is 0.192 e. The largest absolute Gasteiger partial charge is 0.409 e. The molecular weight excluding hydrogens is 294 g/mol. The lowest BCUT2D eigenvalue weighted by atomic mass is 10.1. The van der Waals surface area contributed by atoms with Gasteiger partial charge in [-0.1, -0.05) is 5.16 Å². The minimum Gasteiger partial charge on any atom is -0.409 e. The molecule has 0 aromatic carbocycles. The van der Waals surface area contributed by atoms with E-state index in [0.29, 0.717) is 0 Å². The number of aliphatic hydroxyl groups is 3. The maximum Gasteiger partial charge on any atom is 0.192 e. The van der Waals surface area contributed by atoms with Crippen LogP contribution < -0.4 is 11.5 Å². The van der Waals surface area contributed by atoms with Gasteiger partial charge < -0.3 is 36.7 Å². The summed E-state index contributed by atoms with van der Waals surface area (Å²) in [5.41, 5.74) is 11.1. The highest BCUT2D eigenvalue weighted by Gasteiger charge is 2.44. The minimum absolute atomic E-state index is 0. The quantitative estimate of drug-likeness (QED) is 0.155. The number of aromatic nitrogens is 2. The number of anilines is 1. The monoisotopic (exact) mass is 309 g/mol. The third-order valence-corrected chi connectivity index (χ3v) is 2.97. The number of hydrogen-bond acceptors (Lipinski definition) is 8. The molecule has 0 saturated carbocycles. The molecule has 2 heterocycles. The lowest BCUT2D eigenvalue weighted by Crippen LogP contribution is -2.33. The lowest BCUT2D eigenvalue weighted by Gasteiger charge is -2.17. The average Bonchev–Trinajstić information content (AvgIpc) is 2.91. The fourth-order valence-corrected chi connectivity index (χ4v) is 1.93. The SMILES string of the molecule is Cl.NC(=NO)c1ncn([C@@H]2O[C@H](CO)[C@@H](O)[C@H]2O)c1N. The summed E-state index contributed by atoms with van der Waals surface area (Å²) < 4.78 is 6.51. The maximum atomic E-state index is 9.84. The number of amidine groups is 1. The van der Waals surface area contributed by atoms with Crippen molar-refractivity contribution in [2.45, 2.75) is 24.5 Å². The molecule has 4 atom stereocenters. The van der Waals surface area contributed by atoms with Crippen molar-refractivity contribution >= 4 is 24.1 Å². The van der Waals surface area contributed by atoms with E-state index < -0.39 is 31.1 Å². The Labute approximate surface area is 119 Å². The Morgan fingerprint density at radius 2 is 2.10 bits per heavy atom. The number of ether oxygens (including phenoxy) is 1. The summed E-state index contributed by atoms with van der Waals surface area (Å²) in [5.74, 6) is -0.284. The van der Waals surface area contributed by atoms with Gasteiger partial charge in [0.2, 0.25) is 0 Å². The van der Waals surface area contributed by atoms with E-state index in [1.807, 2.05) is 0 Å². The third-order valence-electron chi connectivity index (χ3n) is 2.97. The van der Waals surface area contributed by atoms with Gasteiger partial charge in [-0.3, -0.25) is 4.57 Å². The van der Waals surface area contributed by atoms with Crippen LogP contribution in [-0.2, 0) is 4.74 Å². The molecule has 0 spiro atoms. The Morgan fingerprint density at radius 1 is 1.45 bits per heavy atom. The molecule has 1 aliphatic rings. The Hall–Kier alpha value is -1.59. The molecule has 10 nitrogen and oxygen atoms in total. The van der Waals surface area contributed by atoms with Gasteiger partial charge in [-0.15, -0.1) is 12.4 Å². The van der Waals surface area contributed by atoms with E-state index in [0.717, 1.165) is 0 Å². The molecule has 1 aromatic rings. The van der Waals surface area contributed by atoms with Crippen molar-refractivity contribution in [3.05, 3.63) is 12.0 Å². The highest BCUT2D eigenvalue weighted by Crippen LogP contribution is 2.31. The van der Waals surface area contributed by atoms with Crippen LogP contribution in [0.3, 0.4) is 0 Å². The van der Waals surface area contributed by atoms with Gasteiger partial charge in [0, 0.05) is 0 Å². The Balaban J connectivity index is 0.00000200. The molecule has 114 valence electrons. The van der Waals surface area contributed by atoms with E-state index in [1.165, 1.54) is 10.9 Å². The molecule has 0 radical (unpaired) electrons. The third kappa shape index (κ3) is 2.51.